The molecule has 2 heterocycles. The molecule has 0 unspecified atom stereocenters. The van der Waals surface area contributed by atoms with Crippen molar-refractivity contribution >= 4 is 28.9 Å². The van der Waals surface area contributed by atoms with Crippen LogP contribution in [-0.2, 0) is 17.8 Å². The maximum atomic E-state index is 12.0. The van der Waals surface area contributed by atoms with Crippen LogP contribution in [-0.4, -0.2) is 22.0 Å². The van der Waals surface area contributed by atoms with Crippen molar-refractivity contribution < 1.29 is 14.7 Å². The van der Waals surface area contributed by atoms with Gasteiger partial charge >= 0.3 is 5.97 Å². The summed E-state index contributed by atoms with van der Waals surface area (Å²) < 4.78 is 0. The van der Waals surface area contributed by atoms with E-state index in [4.69, 9.17) is 5.11 Å². The van der Waals surface area contributed by atoms with Gasteiger partial charge in [0.05, 0.1) is 29.7 Å². The molecule has 5 nitrogen and oxygen atoms in total. The Balaban J connectivity index is 1.97. The zero-order valence-corrected chi connectivity index (χ0v) is 10.7. The van der Waals surface area contributed by atoms with Gasteiger partial charge in [-0.1, -0.05) is 6.07 Å². The molecule has 1 aliphatic rings. The Hall–Kier alpha value is -2.21. The van der Waals surface area contributed by atoms with Gasteiger partial charge in [-0.25, -0.2) is 9.78 Å². The number of fused-ring (bicyclic) bond motifs is 1. The minimum atomic E-state index is -0.990. The van der Waals surface area contributed by atoms with E-state index >= 15 is 0 Å². The molecule has 0 aliphatic carbocycles. The number of benzene rings is 1. The van der Waals surface area contributed by atoms with Gasteiger partial charge < -0.3 is 10.0 Å². The highest BCUT2D eigenvalue weighted by molar-refractivity contribution is 7.07. The van der Waals surface area contributed by atoms with E-state index in [1.54, 1.807) is 22.5 Å². The summed E-state index contributed by atoms with van der Waals surface area (Å²) in [7, 11) is 0. The van der Waals surface area contributed by atoms with Crippen LogP contribution >= 0.6 is 11.3 Å². The van der Waals surface area contributed by atoms with Crippen molar-refractivity contribution in [1.82, 2.24) is 4.98 Å². The highest BCUT2D eigenvalue weighted by atomic mass is 32.1. The number of hydrogen-bond acceptors (Lipinski definition) is 4. The number of anilines is 1. The van der Waals surface area contributed by atoms with Crippen LogP contribution in [0.1, 0.15) is 21.6 Å². The average Bonchev–Trinajstić information content (AvgIpc) is 2.98. The van der Waals surface area contributed by atoms with E-state index in [2.05, 4.69) is 4.98 Å². The summed E-state index contributed by atoms with van der Waals surface area (Å²) in [6, 6.07) is 4.79. The Morgan fingerprint density at radius 1 is 1.47 bits per heavy atom. The molecule has 0 saturated heterocycles. The predicted octanol–water partition coefficient (Wildman–Crippen LogP) is 1.93. The van der Waals surface area contributed by atoms with Crippen LogP contribution in [0.4, 0.5) is 5.69 Å². The van der Waals surface area contributed by atoms with Crippen molar-refractivity contribution in [3.63, 3.8) is 0 Å². The Bertz CT molecular complexity index is 652. The molecule has 96 valence electrons. The van der Waals surface area contributed by atoms with E-state index in [0.717, 1.165) is 11.3 Å². The summed E-state index contributed by atoms with van der Waals surface area (Å²) in [5.41, 5.74) is 4.26. The Morgan fingerprint density at radius 3 is 3.00 bits per heavy atom. The topological polar surface area (TPSA) is 70.5 Å². The first-order chi connectivity index (χ1) is 9.15. The molecule has 0 fully saturated rings. The number of aromatic nitrogens is 1. The normalized spacial score (nSPS) is 13.7. The minimum Gasteiger partial charge on any atom is -0.478 e. The minimum absolute atomic E-state index is 0.0226. The first-order valence-electron chi connectivity index (χ1n) is 5.69. The quantitative estimate of drug-likeness (QED) is 0.928. The number of amides is 1. The zero-order valence-electron chi connectivity index (χ0n) is 9.87. The number of carboxylic acid groups (broad SMARTS) is 1. The van der Waals surface area contributed by atoms with E-state index in [-0.39, 0.29) is 11.5 Å². The molecule has 1 aliphatic heterocycles. The number of carbonyl (C=O) groups is 2. The third-order valence-electron chi connectivity index (χ3n) is 3.07. The SMILES string of the molecule is O=C(O)c1ccc2c(c1)N(Cc1cscn1)C(=O)C2. The van der Waals surface area contributed by atoms with Crippen LogP contribution in [0.25, 0.3) is 0 Å². The van der Waals surface area contributed by atoms with E-state index in [1.807, 2.05) is 5.38 Å². The van der Waals surface area contributed by atoms with Crippen molar-refractivity contribution in [2.45, 2.75) is 13.0 Å². The fourth-order valence-corrected chi connectivity index (χ4v) is 2.69. The third-order valence-corrected chi connectivity index (χ3v) is 3.70. The molecule has 1 amide bonds. The lowest BCUT2D eigenvalue weighted by Gasteiger charge is -2.16. The molecule has 1 N–H and O–H groups in total. The van der Waals surface area contributed by atoms with Gasteiger partial charge in [-0.3, -0.25) is 4.79 Å². The van der Waals surface area contributed by atoms with Crippen LogP contribution in [0.2, 0.25) is 0 Å². The van der Waals surface area contributed by atoms with Gasteiger partial charge in [0, 0.05) is 11.1 Å². The van der Waals surface area contributed by atoms with Crippen molar-refractivity contribution in [2.75, 3.05) is 4.90 Å². The fraction of sp³-hybridized carbons (Fsp3) is 0.154. The highest BCUT2D eigenvalue weighted by Crippen LogP contribution is 2.31. The summed E-state index contributed by atoms with van der Waals surface area (Å²) in [6.07, 6.45) is 0.319. The standard InChI is InChI=1S/C13H10N2O3S/c16-12-4-8-1-2-9(13(17)18)3-11(8)15(12)5-10-6-19-7-14-10/h1-3,6-7H,4-5H2,(H,17,18). The van der Waals surface area contributed by atoms with E-state index < -0.39 is 5.97 Å². The van der Waals surface area contributed by atoms with Gasteiger partial charge in [-0.05, 0) is 17.7 Å². The Labute approximate surface area is 113 Å². The molecule has 19 heavy (non-hydrogen) atoms. The summed E-state index contributed by atoms with van der Waals surface area (Å²) in [5.74, 6) is -1.01. The van der Waals surface area contributed by atoms with Crippen LogP contribution in [0.5, 0.6) is 0 Å². The number of aromatic carboxylic acids is 1. The molecule has 0 saturated carbocycles. The largest absolute Gasteiger partial charge is 0.478 e. The summed E-state index contributed by atoms with van der Waals surface area (Å²) in [6.45, 7) is 0.387. The van der Waals surface area contributed by atoms with Gasteiger partial charge in [0.25, 0.3) is 0 Å². The third kappa shape index (κ3) is 2.10. The van der Waals surface area contributed by atoms with Crippen molar-refractivity contribution in [1.29, 1.82) is 0 Å². The smallest absolute Gasteiger partial charge is 0.335 e. The predicted molar refractivity (Wildman–Crippen MR) is 70.4 cm³/mol. The molecule has 0 spiro atoms. The molecule has 1 aromatic carbocycles. The maximum absolute atomic E-state index is 12.0. The second kappa shape index (κ2) is 4.47. The first kappa shape index (κ1) is 11.9. The molecule has 6 heteroatoms. The Kier molecular flexibility index (Phi) is 2.79. The molecule has 0 bridgehead atoms. The van der Waals surface area contributed by atoms with Crippen LogP contribution in [0.3, 0.4) is 0 Å². The first-order valence-corrected chi connectivity index (χ1v) is 6.63. The fourth-order valence-electron chi connectivity index (χ4n) is 2.14. The second-order valence-corrected chi connectivity index (χ2v) is 5.00. The molecule has 0 radical (unpaired) electrons. The lowest BCUT2D eigenvalue weighted by molar-refractivity contribution is -0.117. The summed E-state index contributed by atoms with van der Waals surface area (Å²) in [4.78, 5) is 28.7. The molecule has 1 aromatic heterocycles. The van der Waals surface area contributed by atoms with Gasteiger partial charge in [0.15, 0.2) is 0 Å². The van der Waals surface area contributed by atoms with Gasteiger partial charge in [-0.2, -0.15) is 0 Å². The zero-order chi connectivity index (χ0) is 13.4. The van der Waals surface area contributed by atoms with Crippen molar-refractivity contribution in [3.8, 4) is 0 Å². The van der Waals surface area contributed by atoms with Gasteiger partial charge in [0.1, 0.15) is 0 Å². The van der Waals surface area contributed by atoms with Crippen LogP contribution in [0, 0.1) is 0 Å². The molecule has 3 rings (SSSR count). The van der Waals surface area contributed by atoms with Gasteiger partial charge in [-0.15, -0.1) is 11.3 Å². The maximum Gasteiger partial charge on any atom is 0.335 e. The monoisotopic (exact) mass is 274 g/mol. The molecular weight excluding hydrogens is 264 g/mol. The molecule has 2 aromatic rings. The highest BCUT2D eigenvalue weighted by Gasteiger charge is 2.28. The Morgan fingerprint density at radius 2 is 2.32 bits per heavy atom. The number of rotatable bonds is 3. The van der Waals surface area contributed by atoms with E-state index in [0.29, 0.717) is 18.7 Å². The summed E-state index contributed by atoms with van der Waals surface area (Å²) in [5, 5.41) is 10.9. The lowest BCUT2D eigenvalue weighted by atomic mass is 10.1. The van der Waals surface area contributed by atoms with Crippen molar-refractivity contribution in [3.05, 3.63) is 45.9 Å². The van der Waals surface area contributed by atoms with E-state index in [9.17, 15) is 9.59 Å². The van der Waals surface area contributed by atoms with Crippen molar-refractivity contribution in [2.24, 2.45) is 0 Å². The number of carbonyl (C=O) groups excluding carboxylic acids is 1. The van der Waals surface area contributed by atoms with Gasteiger partial charge in [0.2, 0.25) is 5.91 Å². The van der Waals surface area contributed by atoms with Crippen LogP contribution < -0.4 is 4.90 Å². The second-order valence-electron chi connectivity index (χ2n) is 4.29. The number of nitrogens with zero attached hydrogens (tertiary/aromatic N) is 2. The number of thiazole rings is 1. The lowest BCUT2D eigenvalue weighted by Crippen LogP contribution is -2.26. The number of carboxylic acids is 1. The number of hydrogen-bond donors (Lipinski definition) is 1. The molecule has 0 atom stereocenters. The van der Waals surface area contributed by atoms with Crippen LogP contribution in [0.15, 0.2) is 29.1 Å². The summed E-state index contributed by atoms with van der Waals surface area (Å²) >= 11 is 1.47. The molecular formula is C13H10N2O3S. The average molecular weight is 274 g/mol. The van der Waals surface area contributed by atoms with E-state index in [1.165, 1.54) is 17.4 Å².